The highest BCUT2D eigenvalue weighted by molar-refractivity contribution is 5.93. The van der Waals surface area contributed by atoms with Crippen LogP contribution >= 0.6 is 0 Å². The molecule has 21 heavy (non-hydrogen) atoms. The first-order valence-electron chi connectivity index (χ1n) is 6.21. The smallest absolute Gasteiger partial charge is 0.267 e. The van der Waals surface area contributed by atoms with Crippen molar-refractivity contribution in [3.05, 3.63) is 58.0 Å². The zero-order chi connectivity index (χ0) is 15.6. The Morgan fingerprint density at radius 1 is 1.29 bits per heavy atom. The Balaban J connectivity index is 2.23. The average Bonchev–Trinajstić information content (AvgIpc) is 2.43. The summed E-state index contributed by atoms with van der Waals surface area (Å²) in [6.45, 7) is 3.14. The van der Waals surface area contributed by atoms with Gasteiger partial charge in [-0.3, -0.25) is 9.59 Å². The van der Waals surface area contributed by atoms with Crippen molar-refractivity contribution in [2.75, 3.05) is 5.32 Å². The molecule has 2 rings (SSSR count). The quantitative estimate of drug-likeness (QED) is 0.941. The minimum Gasteiger partial charge on any atom is -0.322 e. The summed E-state index contributed by atoms with van der Waals surface area (Å²) in [6, 6.07) is 4.70. The van der Waals surface area contributed by atoms with E-state index in [4.69, 9.17) is 0 Å². The Labute approximate surface area is 119 Å². The molecule has 0 radical (unpaired) electrons. The molecule has 1 N–H and O–H groups in total. The van der Waals surface area contributed by atoms with E-state index in [0.29, 0.717) is 11.8 Å². The number of hydrogen-bond acceptors (Lipinski definition) is 3. The molecule has 1 aromatic heterocycles. The van der Waals surface area contributed by atoms with E-state index in [1.165, 1.54) is 19.1 Å². The van der Waals surface area contributed by atoms with Crippen LogP contribution in [0, 0.1) is 18.6 Å². The van der Waals surface area contributed by atoms with Gasteiger partial charge in [0, 0.05) is 12.1 Å². The molecule has 7 heteroatoms. The summed E-state index contributed by atoms with van der Waals surface area (Å²) >= 11 is 0. The number of aromatic nitrogens is 2. The summed E-state index contributed by atoms with van der Waals surface area (Å²) in [6.07, 6.45) is 0. The molecule has 0 fully saturated rings. The van der Waals surface area contributed by atoms with Crippen molar-refractivity contribution >= 4 is 11.6 Å². The molecule has 0 aliphatic carbocycles. The summed E-state index contributed by atoms with van der Waals surface area (Å²) < 4.78 is 27.3. The van der Waals surface area contributed by atoms with Gasteiger partial charge in [0.1, 0.15) is 17.7 Å². The van der Waals surface area contributed by atoms with E-state index >= 15 is 0 Å². The summed E-state index contributed by atoms with van der Waals surface area (Å²) in [5.41, 5.74) is -0.0287. The highest BCUT2D eigenvalue weighted by Crippen LogP contribution is 2.16. The van der Waals surface area contributed by atoms with Crippen LogP contribution in [0.25, 0.3) is 0 Å². The highest BCUT2D eigenvalue weighted by atomic mass is 19.1. The van der Waals surface area contributed by atoms with Crippen LogP contribution in [0.4, 0.5) is 14.5 Å². The third-order valence-electron chi connectivity index (χ3n) is 2.89. The fraction of sp³-hybridized carbons (Fsp3) is 0.214. The van der Waals surface area contributed by atoms with E-state index in [9.17, 15) is 18.4 Å². The normalized spacial score (nSPS) is 12.0. The van der Waals surface area contributed by atoms with Crippen molar-refractivity contribution in [3.63, 3.8) is 0 Å². The molecule has 5 nitrogen and oxygen atoms in total. The first-order chi connectivity index (χ1) is 9.88. The summed E-state index contributed by atoms with van der Waals surface area (Å²) in [5.74, 6) is -2.25. The summed E-state index contributed by atoms with van der Waals surface area (Å²) in [7, 11) is 0. The molecule has 110 valence electrons. The van der Waals surface area contributed by atoms with Crippen LogP contribution in [0.2, 0.25) is 0 Å². The van der Waals surface area contributed by atoms with Crippen LogP contribution in [0.15, 0.2) is 35.1 Å². The van der Waals surface area contributed by atoms with E-state index in [1.54, 1.807) is 6.92 Å². The van der Waals surface area contributed by atoms with Gasteiger partial charge in [-0.25, -0.2) is 13.5 Å². The number of anilines is 1. The Morgan fingerprint density at radius 2 is 2.00 bits per heavy atom. The molecule has 0 aliphatic rings. The lowest BCUT2D eigenvalue weighted by molar-refractivity contribution is -0.119. The second kappa shape index (κ2) is 5.82. The lowest BCUT2D eigenvalue weighted by atomic mass is 10.2. The number of halogens is 2. The molecule has 0 saturated carbocycles. The van der Waals surface area contributed by atoms with Crippen LogP contribution in [0.3, 0.4) is 0 Å². The molecular weight excluding hydrogens is 280 g/mol. The molecule has 1 heterocycles. The Hall–Kier alpha value is -2.57. The number of aryl methyl sites for hydroxylation is 1. The van der Waals surface area contributed by atoms with Crippen molar-refractivity contribution in [2.24, 2.45) is 0 Å². The van der Waals surface area contributed by atoms with Crippen LogP contribution in [0.1, 0.15) is 18.7 Å². The number of nitrogens with zero attached hydrogens (tertiary/aromatic N) is 2. The number of hydrogen-bond donors (Lipinski definition) is 1. The van der Waals surface area contributed by atoms with E-state index in [2.05, 4.69) is 10.4 Å². The van der Waals surface area contributed by atoms with Gasteiger partial charge in [-0.15, -0.1) is 0 Å². The molecule has 0 spiro atoms. The molecule has 1 aromatic carbocycles. The maximum atomic E-state index is 13.5. The second-order valence-electron chi connectivity index (χ2n) is 4.55. The molecule has 1 atom stereocenters. The highest BCUT2D eigenvalue weighted by Gasteiger charge is 2.18. The Bertz CT molecular complexity index is 743. The van der Waals surface area contributed by atoms with Gasteiger partial charge in [-0.05, 0) is 32.0 Å². The van der Waals surface area contributed by atoms with E-state index in [1.807, 2.05) is 0 Å². The van der Waals surface area contributed by atoms with Gasteiger partial charge in [0.2, 0.25) is 5.91 Å². The van der Waals surface area contributed by atoms with Gasteiger partial charge >= 0.3 is 0 Å². The average molecular weight is 293 g/mol. The Kier molecular flexibility index (Phi) is 4.11. The fourth-order valence-corrected chi connectivity index (χ4v) is 1.74. The molecule has 0 bridgehead atoms. The SMILES string of the molecule is Cc1ccc(=O)n(C(C)C(=O)Nc2ccc(F)cc2F)n1. The number of amides is 1. The van der Waals surface area contributed by atoms with E-state index < -0.39 is 29.1 Å². The molecule has 0 aliphatic heterocycles. The molecule has 1 unspecified atom stereocenters. The lowest BCUT2D eigenvalue weighted by Gasteiger charge is -2.14. The maximum absolute atomic E-state index is 13.5. The lowest BCUT2D eigenvalue weighted by Crippen LogP contribution is -2.33. The summed E-state index contributed by atoms with van der Waals surface area (Å²) in [5, 5.41) is 6.26. The summed E-state index contributed by atoms with van der Waals surface area (Å²) in [4.78, 5) is 23.7. The second-order valence-corrected chi connectivity index (χ2v) is 4.55. The zero-order valence-corrected chi connectivity index (χ0v) is 11.4. The van der Waals surface area contributed by atoms with Crippen LogP contribution in [-0.4, -0.2) is 15.7 Å². The van der Waals surface area contributed by atoms with Crippen molar-refractivity contribution in [3.8, 4) is 0 Å². The predicted molar refractivity (Wildman–Crippen MR) is 72.9 cm³/mol. The Morgan fingerprint density at radius 3 is 2.67 bits per heavy atom. The van der Waals surface area contributed by atoms with Gasteiger partial charge < -0.3 is 5.32 Å². The van der Waals surface area contributed by atoms with Crippen LogP contribution < -0.4 is 10.9 Å². The number of carbonyl (C=O) groups excluding carboxylic acids is 1. The van der Waals surface area contributed by atoms with Gasteiger partial charge in [-0.1, -0.05) is 0 Å². The maximum Gasteiger partial charge on any atom is 0.267 e. The third-order valence-corrected chi connectivity index (χ3v) is 2.89. The number of carbonyl (C=O) groups is 1. The predicted octanol–water partition coefficient (Wildman–Crippen LogP) is 2.03. The monoisotopic (exact) mass is 293 g/mol. The van der Waals surface area contributed by atoms with Crippen molar-refractivity contribution in [1.82, 2.24) is 9.78 Å². The standard InChI is InChI=1S/C14H13F2N3O2/c1-8-3-6-13(20)19(18-8)9(2)14(21)17-12-5-4-10(15)7-11(12)16/h3-7,9H,1-2H3,(H,17,21). The minimum absolute atomic E-state index is 0.158. The molecule has 1 amide bonds. The van der Waals surface area contributed by atoms with Gasteiger partial charge in [0.05, 0.1) is 11.4 Å². The fourth-order valence-electron chi connectivity index (χ4n) is 1.74. The third kappa shape index (κ3) is 3.31. The number of benzene rings is 1. The van der Waals surface area contributed by atoms with Gasteiger partial charge in [0.15, 0.2) is 0 Å². The van der Waals surface area contributed by atoms with Gasteiger partial charge in [-0.2, -0.15) is 5.10 Å². The van der Waals surface area contributed by atoms with Gasteiger partial charge in [0.25, 0.3) is 5.56 Å². The topological polar surface area (TPSA) is 64.0 Å². The van der Waals surface area contributed by atoms with Crippen molar-refractivity contribution in [1.29, 1.82) is 0 Å². The van der Waals surface area contributed by atoms with Crippen molar-refractivity contribution < 1.29 is 13.6 Å². The largest absolute Gasteiger partial charge is 0.322 e. The van der Waals surface area contributed by atoms with Crippen LogP contribution in [-0.2, 0) is 4.79 Å². The zero-order valence-electron chi connectivity index (χ0n) is 11.4. The molecule has 2 aromatic rings. The molecule has 0 saturated heterocycles. The van der Waals surface area contributed by atoms with E-state index in [0.717, 1.165) is 16.8 Å². The first-order valence-corrected chi connectivity index (χ1v) is 6.21. The molecular formula is C14H13F2N3O2. The number of nitrogens with one attached hydrogen (secondary N) is 1. The van der Waals surface area contributed by atoms with E-state index in [-0.39, 0.29) is 5.69 Å². The number of rotatable bonds is 3. The minimum atomic E-state index is -0.929. The van der Waals surface area contributed by atoms with Crippen LogP contribution in [0.5, 0.6) is 0 Å². The van der Waals surface area contributed by atoms with Crippen molar-refractivity contribution in [2.45, 2.75) is 19.9 Å². The first kappa shape index (κ1) is 14.8.